The number of aliphatic hydroxyl groups is 1. The van der Waals surface area contributed by atoms with Crippen LogP contribution in [0, 0.1) is 0 Å². The molecule has 0 aliphatic carbocycles. The first-order chi connectivity index (χ1) is 13.7. The molecule has 5 rings (SSSR count). The molecule has 7 heteroatoms. The van der Waals surface area contributed by atoms with Crippen molar-refractivity contribution in [3.63, 3.8) is 0 Å². The van der Waals surface area contributed by atoms with E-state index < -0.39 is 6.10 Å². The van der Waals surface area contributed by atoms with E-state index in [2.05, 4.69) is 9.55 Å². The van der Waals surface area contributed by atoms with Crippen LogP contribution < -0.4 is 9.47 Å². The second-order valence-corrected chi connectivity index (χ2v) is 7.09. The van der Waals surface area contributed by atoms with E-state index in [1.807, 2.05) is 36.5 Å². The largest absolute Gasteiger partial charge is 0.496 e. The first-order valence-electron chi connectivity index (χ1n) is 9.31. The highest BCUT2D eigenvalue weighted by Gasteiger charge is 2.48. The Morgan fingerprint density at radius 1 is 1.04 bits per heavy atom. The molecule has 28 heavy (non-hydrogen) atoms. The van der Waals surface area contributed by atoms with Gasteiger partial charge in [0.15, 0.2) is 0 Å². The molecule has 2 aliphatic heterocycles. The molecule has 3 heterocycles. The average Bonchev–Trinajstić information content (AvgIpc) is 3.44. The first-order valence-corrected chi connectivity index (χ1v) is 9.31. The summed E-state index contributed by atoms with van der Waals surface area (Å²) in [7, 11) is 3.32. The van der Waals surface area contributed by atoms with Crippen molar-refractivity contribution in [2.75, 3.05) is 27.4 Å². The van der Waals surface area contributed by atoms with Gasteiger partial charge >= 0.3 is 0 Å². The molecule has 7 nitrogen and oxygen atoms in total. The van der Waals surface area contributed by atoms with Gasteiger partial charge in [-0.3, -0.25) is 0 Å². The van der Waals surface area contributed by atoms with Gasteiger partial charge in [-0.05, 0) is 18.2 Å². The van der Waals surface area contributed by atoms with Crippen LogP contribution >= 0.6 is 0 Å². The van der Waals surface area contributed by atoms with Gasteiger partial charge in [-0.25, -0.2) is 4.98 Å². The van der Waals surface area contributed by atoms with Gasteiger partial charge in [-0.15, -0.1) is 0 Å². The maximum absolute atomic E-state index is 10.1. The monoisotopic (exact) mass is 382 g/mol. The minimum atomic E-state index is -0.580. The van der Waals surface area contributed by atoms with Crippen molar-refractivity contribution in [2.45, 2.75) is 24.4 Å². The lowest BCUT2D eigenvalue weighted by molar-refractivity contribution is 0.0172. The fourth-order valence-corrected chi connectivity index (χ4v) is 4.37. The molecule has 146 valence electrons. The molecule has 2 aliphatic rings. The van der Waals surface area contributed by atoms with Crippen LogP contribution in [0.15, 0.2) is 42.7 Å². The highest BCUT2D eigenvalue weighted by Crippen LogP contribution is 2.41. The number of methoxy groups -OCH3 is 2. The average molecular weight is 382 g/mol. The van der Waals surface area contributed by atoms with Crippen LogP contribution in [-0.2, 0) is 9.47 Å². The molecule has 1 aromatic heterocycles. The maximum atomic E-state index is 10.1. The summed E-state index contributed by atoms with van der Waals surface area (Å²) in [6.07, 6.45) is 2.66. The van der Waals surface area contributed by atoms with Gasteiger partial charge < -0.3 is 28.6 Å². The summed E-state index contributed by atoms with van der Waals surface area (Å²) in [5.74, 6) is 2.34. The maximum Gasteiger partial charge on any atom is 0.141 e. The fourth-order valence-electron chi connectivity index (χ4n) is 4.37. The van der Waals surface area contributed by atoms with E-state index in [1.54, 1.807) is 20.4 Å². The molecule has 0 radical (unpaired) electrons. The second kappa shape index (κ2) is 6.77. The van der Waals surface area contributed by atoms with Gasteiger partial charge in [-0.1, -0.05) is 12.1 Å². The predicted octanol–water partition coefficient (Wildman–Crippen LogP) is 2.42. The second-order valence-electron chi connectivity index (χ2n) is 7.09. The van der Waals surface area contributed by atoms with Crippen molar-refractivity contribution in [3.05, 3.63) is 42.7 Å². The van der Waals surface area contributed by atoms with Crippen molar-refractivity contribution in [1.82, 2.24) is 9.55 Å². The van der Waals surface area contributed by atoms with E-state index in [9.17, 15) is 5.11 Å². The molecule has 4 atom stereocenters. The van der Waals surface area contributed by atoms with Gasteiger partial charge in [-0.2, -0.15) is 0 Å². The van der Waals surface area contributed by atoms with Crippen LogP contribution in [0.5, 0.6) is 11.5 Å². The molecule has 0 bridgehead atoms. The zero-order valence-electron chi connectivity index (χ0n) is 15.7. The van der Waals surface area contributed by atoms with Gasteiger partial charge in [0.2, 0.25) is 0 Å². The molecule has 0 amide bonds. The Balaban J connectivity index is 1.66. The number of aliphatic hydroxyl groups excluding tert-OH is 1. The van der Waals surface area contributed by atoms with Crippen molar-refractivity contribution < 1.29 is 24.1 Å². The molecule has 2 aromatic carbocycles. The summed E-state index contributed by atoms with van der Waals surface area (Å²) in [6, 6.07) is 9.79. The molecule has 0 saturated carbocycles. The minimum Gasteiger partial charge on any atom is -0.496 e. The topological polar surface area (TPSA) is 75.0 Å². The standard InChI is InChI=1S/C21H22N2O5/c1-25-16-7-6-13(18-12(16)4-3-5-17(18)26-2)21-22-8-9-23(21)14-10-27-20-15(24)11-28-19(14)20/h3-9,14-15,19-20,24H,10-11H2,1-2H3/t14-,15-,19-,20-/m1/s1. The van der Waals surface area contributed by atoms with Gasteiger partial charge in [0.25, 0.3) is 0 Å². The number of hydrogen-bond acceptors (Lipinski definition) is 6. The molecule has 0 spiro atoms. The normalized spacial score (nSPS) is 26.5. The zero-order chi connectivity index (χ0) is 19.3. The van der Waals surface area contributed by atoms with Crippen molar-refractivity contribution in [3.8, 4) is 22.9 Å². The smallest absolute Gasteiger partial charge is 0.141 e. The molecular formula is C21H22N2O5. The lowest BCUT2D eigenvalue weighted by atomic mass is 10.0. The number of fused-ring (bicyclic) bond motifs is 2. The number of hydrogen-bond donors (Lipinski definition) is 1. The van der Waals surface area contributed by atoms with Crippen molar-refractivity contribution >= 4 is 10.8 Å². The van der Waals surface area contributed by atoms with Crippen LogP contribution in [0.4, 0.5) is 0 Å². The Kier molecular flexibility index (Phi) is 4.23. The third-order valence-corrected chi connectivity index (χ3v) is 5.67. The van der Waals surface area contributed by atoms with Crippen molar-refractivity contribution in [2.24, 2.45) is 0 Å². The van der Waals surface area contributed by atoms with Gasteiger partial charge in [0, 0.05) is 28.7 Å². The molecule has 0 unspecified atom stereocenters. The Bertz CT molecular complexity index is 1020. The number of imidazole rings is 1. The van der Waals surface area contributed by atoms with E-state index >= 15 is 0 Å². The SMILES string of the molecule is COc1ccc(-c2nccn2[C@@H]2CO[C@H]3[C@@H]2OC[C@H]3O)c2c(OC)cccc12. The van der Waals surface area contributed by atoms with Gasteiger partial charge in [0.1, 0.15) is 35.6 Å². The number of nitrogens with zero attached hydrogens (tertiary/aromatic N) is 2. The molecule has 1 N–H and O–H groups in total. The van der Waals surface area contributed by atoms with Crippen LogP contribution in [0.2, 0.25) is 0 Å². The summed E-state index contributed by atoms with van der Waals surface area (Å²) in [5.41, 5.74) is 0.945. The lowest BCUT2D eigenvalue weighted by Gasteiger charge is -2.21. The molecule has 2 saturated heterocycles. The summed E-state index contributed by atoms with van der Waals surface area (Å²) in [6.45, 7) is 0.774. The first kappa shape index (κ1) is 17.5. The quantitative estimate of drug-likeness (QED) is 0.747. The summed E-state index contributed by atoms with van der Waals surface area (Å²) < 4.78 is 24.9. The Morgan fingerprint density at radius 2 is 1.86 bits per heavy atom. The Hall–Kier alpha value is -2.61. The number of rotatable bonds is 4. The molecule has 2 fully saturated rings. The van der Waals surface area contributed by atoms with Gasteiger partial charge in [0.05, 0.1) is 33.5 Å². The molecule has 3 aromatic rings. The zero-order valence-corrected chi connectivity index (χ0v) is 15.7. The predicted molar refractivity (Wildman–Crippen MR) is 103 cm³/mol. The highest BCUT2D eigenvalue weighted by molar-refractivity contribution is 6.03. The highest BCUT2D eigenvalue weighted by atomic mass is 16.6. The number of aromatic nitrogens is 2. The van der Waals surface area contributed by atoms with Crippen LogP contribution in [0.25, 0.3) is 22.2 Å². The van der Waals surface area contributed by atoms with E-state index in [0.717, 1.165) is 33.7 Å². The Morgan fingerprint density at radius 3 is 2.68 bits per heavy atom. The van der Waals surface area contributed by atoms with E-state index in [4.69, 9.17) is 18.9 Å². The van der Waals surface area contributed by atoms with Crippen LogP contribution in [0.3, 0.4) is 0 Å². The summed E-state index contributed by atoms with van der Waals surface area (Å²) >= 11 is 0. The van der Waals surface area contributed by atoms with Crippen LogP contribution in [-0.4, -0.2) is 60.4 Å². The number of benzene rings is 2. The molecular weight excluding hydrogens is 360 g/mol. The third kappa shape index (κ3) is 2.51. The van der Waals surface area contributed by atoms with Crippen molar-refractivity contribution in [1.29, 1.82) is 0 Å². The lowest BCUT2D eigenvalue weighted by Crippen LogP contribution is -2.30. The summed E-state index contributed by atoms with van der Waals surface area (Å²) in [4.78, 5) is 4.64. The third-order valence-electron chi connectivity index (χ3n) is 5.67. The fraction of sp³-hybridized carbons (Fsp3) is 0.381. The minimum absolute atomic E-state index is 0.0495. The Labute approximate surface area is 162 Å². The van der Waals surface area contributed by atoms with Crippen LogP contribution in [0.1, 0.15) is 6.04 Å². The number of ether oxygens (including phenoxy) is 4. The van der Waals surface area contributed by atoms with E-state index in [1.165, 1.54) is 0 Å². The van der Waals surface area contributed by atoms with E-state index in [0.29, 0.717) is 13.2 Å². The van der Waals surface area contributed by atoms with E-state index in [-0.39, 0.29) is 18.2 Å². The summed E-state index contributed by atoms with van der Waals surface area (Å²) in [5, 5.41) is 12.0.